The minimum Gasteiger partial charge on any atom is -0.326 e. The van der Waals surface area contributed by atoms with Crippen LogP contribution in [-0.4, -0.2) is 45.7 Å². The lowest BCUT2D eigenvalue weighted by atomic mass is 10.1. The fourth-order valence-electron chi connectivity index (χ4n) is 2.05. The molecular formula is C12H18N2O4S2. The highest BCUT2D eigenvalue weighted by atomic mass is 32.2. The van der Waals surface area contributed by atoms with Crippen LogP contribution in [0.5, 0.6) is 0 Å². The molecule has 1 aromatic carbocycles. The molecule has 20 heavy (non-hydrogen) atoms. The highest BCUT2D eigenvalue weighted by molar-refractivity contribution is 7.92. The van der Waals surface area contributed by atoms with Crippen molar-refractivity contribution in [3.63, 3.8) is 0 Å². The number of nitrogens with two attached hydrogens (primary N) is 1. The van der Waals surface area contributed by atoms with E-state index in [1.165, 1.54) is 4.31 Å². The smallest absolute Gasteiger partial charge is 0.218 e. The molecule has 0 aliphatic carbocycles. The lowest BCUT2D eigenvalue weighted by Crippen LogP contribution is -2.44. The van der Waals surface area contributed by atoms with Gasteiger partial charge in [0.25, 0.3) is 0 Å². The molecule has 0 amide bonds. The van der Waals surface area contributed by atoms with Crippen molar-refractivity contribution in [2.24, 2.45) is 5.73 Å². The van der Waals surface area contributed by atoms with Crippen molar-refractivity contribution >= 4 is 19.9 Å². The quantitative estimate of drug-likeness (QED) is 0.822. The van der Waals surface area contributed by atoms with E-state index < -0.39 is 19.9 Å². The van der Waals surface area contributed by atoms with Crippen molar-refractivity contribution in [2.45, 2.75) is 12.3 Å². The summed E-state index contributed by atoms with van der Waals surface area (Å²) in [5.41, 5.74) is 7.10. The maximum atomic E-state index is 12.2. The summed E-state index contributed by atoms with van der Waals surface area (Å²) in [4.78, 5) is 0. The predicted octanol–water partition coefficient (Wildman–Crippen LogP) is -0.294. The van der Waals surface area contributed by atoms with Crippen LogP contribution in [0.25, 0.3) is 0 Å². The van der Waals surface area contributed by atoms with Gasteiger partial charge in [0.1, 0.15) is 0 Å². The number of nitrogens with zero attached hydrogens (tertiary/aromatic N) is 1. The maximum Gasteiger partial charge on any atom is 0.218 e. The Kier molecular flexibility index (Phi) is 4.48. The van der Waals surface area contributed by atoms with Gasteiger partial charge in [0.2, 0.25) is 10.0 Å². The van der Waals surface area contributed by atoms with Gasteiger partial charge in [-0.1, -0.05) is 24.3 Å². The van der Waals surface area contributed by atoms with Gasteiger partial charge >= 0.3 is 0 Å². The Morgan fingerprint density at radius 2 is 1.55 bits per heavy atom. The van der Waals surface area contributed by atoms with E-state index >= 15 is 0 Å². The standard InChI is InChI=1S/C12H18N2O4S2/c13-9-11-1-3-12(4-2-11)10-20(17,18)14-5-7-19(15,16)8-6-14/h1-4H,5-10,13H2. The van der Waals surface area contributed by atoms with E-state index in [1.807, 2.05) is 0 Å². The highest BCUT2D eigenvalue weighted by Gasteiger charge is 2.29. The van der Waals surface area contributed by atoms with E-state index in [-0.39, 0.29) is 30.3 Å². The molecule has 1 aromatic rings. The van der Waals surface area contributed by atoms with E-state index in [0.29, 0.717) is 12.1 Å². The molecule has 8 heteroatoms. The average Bonchev–Trinajstić information content (AvgIpc) is 2.38. The largest absolute Gasteiger partial charge is 0.326 e. The topological polar surface area (TPSA) is 97.5 Å². The molecule has 112 valence electrons. The van der Waals surface area contributed by atoms with Gasteiger partial charge in [-0.15, -0.1) is 0 Å². The molecule has 2 N–H and O–H groups in total. The third kappa shape index (κ3) is 3.78. The summed E-state index contributed by atoms with van der Waals surface area (Å²) < 4.78 is 48.3. The number of hydrogen-bond donors (Lipinski definition) is 1. The minimum atomic E-state index is -3.47. The van der Waals surface area contributed by atoms with Gasteiger partial charge < -0.3 is 5.73 Å². The average molecular weight is 318 g/mol. The molecule has 0 aromatic heterocycles. The van der Waals surface area contributed by atoms with Crippen molar-refractivity contribution in [3.8, 4) is 0 Å². The van der Waals surface area contributed by atoms with Gasteiger partial charge in [0.05, 0.1) is 17.3 Å². The monoisotopic (exact) mass is 318 g/mol. The molecule has 1 aliphatic rings. The van der Waals surface area contributed by atoms with Crippen LogP contribution in [0.2, 0.25) is 0 Å². The zero-order valence-corrected chi connectivity index (χ0v) is 12.7. The Morgan fingerprint density at radius 1 is 1.05 bits per heavy atom. The lowest BCUT2D eigenvalue weighted by molar-refractivity contribution is 0.430. The van der Waals surface area contributed by atoms with Crippen LogP contribution >= 0.6 is 0 Å². The Morgan fingerprint density at radius 3 is 2.05 bits per heavy atom. The number of rotatable bonds is 4. The molecule has 2 rings (SSSR count). The first kappa shape index (κ1) is 15.4. The second-order valence-electron chi connectivity index (χ2n) is 4.83. The Labute approximate surface area is 119 Å². The minimum absolute atomic E-state index is 0.0472. The second kappa shape index (κ2) is 5.80. The molecule has 0 unspecified atom stereocenters. The normalized spacial score (nSPS) is 19.9. The first-order valence-electron chi connectivity index (χ1n) is 6.28. The first-order valence-corrected chi connectivity index (χ1v) is 9.71. The molecule has 1 aliphatic heterocycles. The molecule has 0 radical (unpaired) electrons. The van der Waals surface area contributed by atoms with Gasteiger partial charge in [-0.05, 0) is 11.1 Å². The van der Waals surface area contributed by atoms with Crippen LogP contribution in [-0.2, 0) is 32.2 Å². The van der Waals surface area contributed by atoms with E-state index in [0.717, 1.165) is 5.56 Å². The van der Waals surface area contributed by atoms with Gasteiger partial charge in [0, 0.05) is 19.6 Å². The molecule has 1 fully saturated rings. The van der Waals surface area contributed by atoms with Crippen LogP contribution in [0.3, 0.4) is 0 Å². The highest BCUT2D eigenvalue weighted by Crippen LogP contribution is 2.15. The molecule has 0 spiro atoms. The molecule has 0 atom stereocenters. The summed E-state index contributed by atoms with van der Waals surface area (Å²) in [6, 6.07) is 7.07. The number of sulfonamides is 1. The number of hydrogen-bond acceptors (Lipinski definition) is 5. The van der Waals surface area contributed by atoms with Crippen molar-refractivity contribution in [1.29, 1.82) is 0 Å². The fraction of sp³-hybridized carbons (Fsp3) is 0.500. The molecule has 6 nitrogen and oxygen atoms in total. The second-order valence-corrected chi connectivity index (χ2v) is 9.10. The fourth-order valence-corrected chi connectivity index (χ4v) is 5.01. The SMILES string of the molecule is NCc1ccc(CS(=O)(=O)N2CCS(=O)(=O)CC2)cc1. The van der Waals surface area contributed by atoms with Gasteiger partial charge in [0.15, 0.2) is 9.84 Å². The summed E-state index contributed by atoms with van der Waals surface area (Å²) in [7, 11) is -6.55. The van der Waals surface area contributed by atoms with Crippen molar-refractivity contribution in [1.82, 2.24) is 4.31 Å². The Hall–Kier alpha value is -0.960. The third-order valence-electron chi connectivity index (χ3n) is 3.30. The summed E-state index contributed by atoms with van der Waals surface area (Å²) in [6.07, 6.45) is 0. The summed E-state index contributed by atoms with van der Waals surface area (Å²) >= 11 is 0. The van der Waals surface area contributed by atoms with Crippen molar-refractivity contribution in [3.05, 3.63) is 35.4 Å². The number of sulfone groups is 1. The van der Waals surface area contributed by atoms with Crippen LogP contribution < -0.4 is 5.73 Å². The molecular weight excluding hydrogens is 300 g/mol. The van der Waals surface area contributed by atoms with Crippen molar-refractivity contribution in [2.75, 3.05) is 24.6 Å². The molecule has 1 heterocycles. The molecule has 0 saturated carbocycles. The van der Waals surface area contributed by atoms with Crippen LogP contribution in [0.4, 0.5) is 0 Å². The van der Waals surface area contributed by atoms with E-state index in [2.05, 4.69) is 0 Å². The molecule has 1 saturated heterocycles. The van der Waals surface area contributed by atoms with Crippen LogP contribution in [0, 0.1) is 0 Å². The Bertz CT molecular complexity index is 652. The van der Waals surface area contributed by atoms with E-state index in [4.69, 9.17) is 5.73 Å². The molecule has 0 bridgehead atoms. The Balaban J connectivity index is 2.07. The van der Waals surface area contributed by atoms with Gasteiger partial charge in [-0.25, -0.2) is 16.8 Å². The van der Waals surface area contributed by atoms with Crippen molar-refractivity contribution < 1.29 is 16.8 Å². The summed E-state index contributed by atoms with van der Waals surface area (Å²) in [5, 5.41) is 0. The zero-order chi connectivity index (χ0) is 14.8. The lowest BCUT2D eigenvalue weighted by Gasteiger charge is -2.25. The first-order chi connectivity index (χ1) is 9.32. The summed E-state index contributed by atoms with van der Waals surface area (Å²) in [6.45, 7) is 0.508. The van der Waals surface area contributed by atoms with Gasteiger partial charge in [-0.2, -0.15) is 4.31 Å². The zero-order valence-electron chi connectivity index (χ0n) is 11.0. The van der Waals surface area contributed by atoms with Crippen LogP contribution in [0.15, 0.2) is 24.3 Å². The maximum absolute atomic E-state index is 12.2. The number of benzene rings is 1. The summed E-state index contributed by atoms with van der Waals surface area (Å²) in [5.74, 6) is -0.311. The van der Waals surface area contributed by atoms with E-state index in [9.17, 15) is 16.8 Å². The van der Waals surface area contributed by atoms with Gasteiger partial charge in [-0.3, -0.25) is 0 Å². The third-order valence-corrected chi connectivity index (χ3v) is 6.76. The van der Waals surface area contributed by atoms with E-state index in [1.54, 1.807) is 24.3 Å². The van der Waals surface area contributed by atoms with Crippen LogP contribution in [0.1, 0.15) is 11.1 Å². The predicted molar refractivity (Wildman–Crippen MR) is 77.2 cm³/mol.